The molecule has 0 saturated heterocycles. The van der Waals surface area contributed by atoms with Crippen LogP contribution < -0.4 is 0 Å². The van der Waals surface area contributed by atoms with Gasteiger partial charge in [-0.15, -0.1) is 35.4 Å². The summed E-state index contributed by atoms with van der Waals surface area (Å²) in [4.78, 5) is 4.39. The first-order chi connectivity index (χ1) is 57.8. The van der Waals surface area contributed by atoms with E-state index in [1.807, 2.05) is 30.5 Å². The molecule has 0 atom stereocenters. The van der Waals surface area contributed by atoms with Crippen molar-refractivity contribution in [2.75, 3.05) is 0 Å². The van der Waals surface area contributed by atoms with Crippen LogP contribution >= 0.6 is 0 Å². The molecule has 0 bridgehead atoms. The maximum absolute atomic E-state index is 4.39. The molecule has 1 nitrogen and oxygen atoms in total. The van der Waals surface area contributed by atoms with Crippen molar-refractivity contribution in [1.82, 2.24) is 4.98 Å². The molecule has 0 saturated carbocycles. The first-order valence-electron chi connectivity index (χ1n) is 40.3. The summed E-state index contributed by atoms with van der Waals surface area (Å²) in [5.74, 6) is 0. The quantitative estimate of drug-likeness (QED) is 0.0879. The van der Waals surface area contributed by atoms with Crippen LogP contribution in [0.1, 0.15) is 33.4 Å². The first kappa shape index (κ1) is 75.1. The Hall–Kier alpha value is -14.2. The van der Waals surface area contributed by atoms with Crippen molar-refractivity contribution < 1.29 is 20.1 Å². The Kier molecular flexibility index (Phi) is 21.4. The minimum atomic E-state index is -0.889. The summed E-state index contributed by atoms with van der Waals surface area (Å²) in [6, 6.07) is 171. The second-order valence-electron chi connectivity index (χ2n) is 30.6. The fourth-order valence-corrected chi connectivity index (χ4v) is 17.3. The number of pyridine rings is 1. The number of aromatic nitrogens is 1. The van der Waals surface area contributed by atoms with Gasteiger partial charge in [0.05, 0.1) is 5.41 Å². The van der Waals surface area contributed by atoms with E-state index in [2.05, 4.69) is 456 Å². The molecular weight excluding hydrogens is 1600 g/mol. The molecule has 18 aromatic carbocycles. The summed E-state index contributed by atoms with van der Waals surface area (Å²) in [7, 11) is 0. The van der Waals surface area contributed by atoms with Crippen LogP contribution in [0.3, 0.4) is 0 Å². The maximum Gasteiger partial charge on any atom is 0.0714 e. The zero-order valence-corrected chi connectivity index (χ0v) is 68.1. The first-order valence-corrected chi connectivity index (χ1v) is 40.3. The third kappa shape index (κ3) is 15.4. The van der Waals surface area contributed by atoms with E-state index in [0.29, 0.717) is 0 Å². The van der Waals surface area contributed by atoms with Gasteiger partial charge >= 0.3 is 0 Å². The molecule has 2 heteroatoms. The average molecular weight is 1680 g/mol. The van der Waals surface area contributed by atoms with Gasteiger partial charge in [0.1, 0.15) is 0 Å². The van der Waals surface area contributed by atoms with Crippen molar-refractivity contribution >= 4 is 0 Å². The van der Waals surface area contributed by atoms with Crippen LogP contribution in [-0.2, 0) is 25.5 Å². The molecule has 0 N–H and O–H groups in total. The molecule has 1 aliphatic carbocycles. The molecule has 0 amide bonds. The summed E-state index contributed by atoms with van der Waals surface area (Å²) < 4.78 is 0. The predicted octanol–water partition coefficient (Wildman–Crippen LogP) is 30.9. The van der Waals surface area contributed by atoms with Crippen LogP contribution in [0.2, 0.25) is 0 Å². The van der Waals surface area contributed by atoms with Crippen LogP contribution in [0.15, 0.2) is 461 Å². The standard InChI is InChI=1S/C97H66.C19H16N.Ir/c1-9-29-67(30-10-1)75-49-76(68-31-11-2-12-32-68)54-83(53-75)87-61-88(84-55-77(69-33-13-3-14-34-69)50-78(56-84)70-35-15-4-16-36-70)64-91(63-87)97(95-47-27-25-45-93(95)94-46-26-28-48-96(94)97)92-65-89(85-57-79(71-37-17-5-18-38-71)51-80(58-85)72-39-19-6-20-40-72)62-90(66-92)86-59-81(73-41-21-7-22-42-73)52-82(60-86)74-43-23-8-24-44-74;1-14-9-10-15(2)18(12-14)16-6-5-7-17(13-16)19-8-3-4-11-20-19;/h1-66H;3-6,8-13H,1-2H3;/q;-1;. The van der Waals surface area contributed by atoms with Gasteiger partial charge in [0.2, 0.25) is 0 Å². The molecule has 118 heavy (non-hydrogen) atoms. The Bertz CT molecular complexity index is 5900. The minimum Gasteiger partial charge on any atom is -0.305 e. The molecule has 0 unspecified atom stereocenters. The van der Waals surface area contributed by atoms with Crippen molar-refractivity contribution in [2.45, 2.75) is 19.3 Å². The number of aryl methyl sites for hydroxylation is 2. The van der Waals surface area contributed by atoms with Gasteiger partial charge in [0, 0.05) is 26.3 Å². The Balaban J connectivity index is 0.000000398. The van der Waals surface area contributed by atoms with Crippen molar-refractivity contribution in [3.8, 4) is 167 Å². The van der Waals surface area contributed by atoms with Crippen molar-refractivity contribution in [1.29, 1.82) is 0 Å². The molecule has 0 fully saturated rings. The normalized spacial score (nSPS) is 11.6. The van der Waals surface area contributed by atoms with Gasteiger partial charge < -0.3 is 4.98 Å². The molecular formula is C116H82IrN-. The van der Waals surface area contributed by atoms with Crippen molar-refractivity contribution in [2.24, 2.45) is 0 Å². The number of nitrogens with zero attached hydrogens (tertiary/aromatic N) is 1. The second-order valence-corrected chi connectivity index (χ2v) is 30.6. The van der Waals surface area contributed by atoms with Crippen LogP contribution in [0.5, 0.6) is 0 Å². The summed E-state index contributed by atoms with van der Waals surface area (Å²) in [5, 5.41) is 0. The SMILES string of the molecule is Cc1ccc(C)c(-c2cc[c-]c(-c3ccccn3)c2)c1.[Ir].c1ccc(-c2cc(-c3ccccc3)cc(-c3cc(-c4cc(-c5ccccc5)cc(-c5ccccc5)c4)cc(C4(c5cc(-c6cc(-c7ccccc7)cc(-c7ccccc7)c6)cc(-c6cc(-c7ccccc7)cc(-c7ccccc7)c6)c5)c5ccccc5-c5ccccc54)c3)c2)cc1. The van der Waals surface area contributed by atoms with Gasteiger partial charge in [-0.3, -0.25) is 0 Å². The Morgan fingerprint density at radius 2 is 0.458 bits per heavy atom. The van der Waals surface area contributed by atoms with Gasteiger partial charge in [-0.05, 0) is 313 Å². The molecule has 1 aliphatic rings. The molecule has 561 valence electrons. The van der Waals surface area contributed by atoms with Gasteiger partial charge in [-0.25, -0.2) is 0 Å². The number of rotatable bonds is 16. The zero-order valence-electron chi connectivity index (χ0n) is 65.7. The van der Waals surface area contributed by atoms with Gasteiger partial charge in [-0.2, -0.15) is 0 Å². The second kappa shape index (κ2) is 33.7. The van der Waals surface area contributed by atoms with Crippen LogP contribution in [0, 0.1) is 19.9 Å². The summed E-state index contributed by atoms with van der Waals surface area (Å²) >= 11 is 0. The van der Waals surface area contributed by atoms with E-state index < -0.39 is 5.41 Å². The van der Waals surface area contributed by atoms with E-state index in [1.54, 1.807) is 0 Å². The summed E-state index contributed by atoms with van der Waals surface area (Å²) in [6.07, 6.45) is 1.81. The van der Waals surface area contributed by atoms with E-state index >= 15 is 0 Å². The number of hydrogen-bond donors (Lipinski definition) is 0. The topological polar surface area (TPSA) is 12.9 Å². The van der Waals surface area contributed by atoms with E-state index in [9.17, 15) is 0 Å². The van der Waals surface area contributed by atoms with Gasteiger partial charge in [0.15, 0.2) is 0 Å². The Morgan fingerprint density at radius 1 is 0.203 bits per heavy atom. The van der Waals surface area contributed by atoms with Gasteiger partial charge in [-0.1, -0.05) is 327 Å². The molecule has 19 aromatic rings. The molecule has 1 aromatic heterocycles. The molecule has 1 heterocycles. The fraction of sp³-hybridized carbons (Fsp3) is 0.0259. The summed E-state index contributed by atoms with van der Waals surface area (Å²) in [5.41, 5.74) is 41.0. The van der Waals surface area contributed by atoms with E-state index in [-0.39, 0.29) is 20.1 Å². The van der Waals surface area contributed by atoms with Crippen molar-refractivity contribution in [3.05, 3.63) is 501 Å². The van der Waals surface area contributed by atoms with E-state index in [1.165, 1.54) is 100 Å². The maximum atomic E-state index is 4.39. The zero-order chi connectivity index (χ0) is 78.4. The fourth-order valence-electron chi connectivity index (χ4n) is 17.3. The molecule has 1 radical (unpaired) electrons. The Morgan fingerprint density at radius 3 is 0.737 bits per heavy atom. The minimum absolute atomic E-state index is 0. The molecule has 0 spiro atoms. The van der Waals surface area contributed by atoms with Crippen LogP contribution in [0.4, 0.5) is 0 Å². The average Bonchev–Trinajstić information content (AvgIpc) is 1.52. The van der Waals surface area contributed by atoms with E-state index in [0.717, 1.165) is 100 Å². The van der Waals surface area contributed by atoms with Gasteiger partial charge in [0.25, 0.3) is 0 Å². The molecule has 20 rings (SSSR count). The van der Waals surface area contributed by atoms with E-state index in [4.69, 9.17) is 0 Å². The Labute approximate surface area is 706 Å². The smallest absolute Gasteiger partial charge is 0.0714 e. The number of fused-ring (bicyclic) bond motifs is 3. The molecule has 0 aliphatic heterocycles. The monoisotopic (exact) mass is 1680 g/mol. The number of hydrogen-bond acceptors (Lipinski definition) is 1. The largest absolute Gasteiger partial charge is 0.305 e. The third-order valence-corrected chi connectivity index (χ3v) is 23.1. The van der Waals surface area contributed by atoms with Crippen LogP contribution in [-0.4, -0.2) is 4.98 Å². The van der Waals surface area contributed by atoms with Crippen LogP contribution in [0.25, 0.3) is 167 Å². The third-order valence-electron chi connectivity index (χ3n) is 23.1. The predicted molar refractivity (Wildman–Crippen MR) is 492 cm³/mol. The number of benzene rings is 18. The summed E-state index contributed by atoms with van der Waals surface area (Å²) in [6.45, 7) is 4.27. The van der Waals surface area contributed by atoms with Crippen molar-refractivity contribution in [3.63, 3.8) is 0 Å².